The lowest BCUT2D eigenvalue weighted by atomic mass is 10.1. The number of aromatic nitrogens is 3. The third-order valence-electron chi connectivity index (χ3n) is 4.87. The molecule has 32 heavy (non-hydrogen) atoms. The Labute approximate surface area is 183 Å². The van der Waals surface area contributed by atoms with Crippen molar-refractivity contribution >= 4 is 17.0 Å². The summed E-state index contributed by atoms with van der Waals surface area (Å²) in [6.45, 7) is 1.72. The number of esters is 1. The third kappa shape index (κ3) is 4.15. The highest BCUT2D eigenvalue weighted by Gasteiger charge is 2.27. The minimum absolute atomic E-state index is 0.0444. The Morgan fingerprint density at radius 2 is 1.66 bits per heavy atom. The number of aromatic hydroxyl groups is 1. The van der Waals surface area contributed by atoms with Crippen molar-refractivity contribution in [3.8, 4) is 5.75 Å². The molecule has 2 heterocycles. The molecule has 0 aliphatic rings. The number of ether oxygens (including phenoxy) is 1. The summed E-state index contributed by atoms with van der Waals surface area (Å²) in [5.41, 5.74) is 0.897. The molecule has 0 amide bonds. The second-order valence-corrected chi connectivity index (χ2v) is 6.98. The van der Waals surface area contributed by atoms with Gasteiger partial charge in [0.2, 0.25) is 0 Å². The largest absolute Gasteiger partial charge is 0.506 e. The molecule has 0 bridgehead atoms. The van der Waals surface area contributed by atoms with Gasteiger partial charge in [0.25, 0.3) is 0 Å². The Balaban J connectivity index is 1.89. The molecular formula is C24H21N3O5. The van der Waals surface area contributed by atoms with Gasteiger partial charge < -0.3 is 14.7 Å². The van der Waals surface area contributed by atoms with E-state index in [-0.39, 0.29) is 24.2 Å². The molecule has 2 aromatic carbocycles. The fourth-order valence-electron chi connectivity index (χ4n) is 3.38. The van der Waals surface area contributed by atoms with Crippen LogP contribution >= 0.6 is 0 Å². The first-order valence-electron chi connectivity index (χ1n) is 10.1. The maximum absolute atomic E-state index is 13.1. The predicted octanol–water partition coefficient (Wildman–Crippen LogP) is 2.89. The van der Waals surface area contributed by atoms with E-state index >= 15 is 0 Å². The molecule has 0 unspecified atom stereocenters. The summed E-state index contributed by atoms with van der Waals surface area (Å²) >= 11 is 0. The number of carbonyl (C=O) groups is 1. The van der Waals surface area contributed by atoms with Crippen molar-refractivity contribution in [2.75, 3.05) is 6.61 Å². The fraction of sp³-hybridized carbons (Fsp3) is 0.167. The maximum Gasteiger partial charge on any atom is 0.347 e. The van der Waals surface area contributed by atoms with Gasteiger partial charge in [0, 0.05) is 6.42 Å². The first-order chi connectivity index (χ1) is 15.6. The van der Waals surface area contributed by atoms with Crippen LogP contribution in [0.2, 0.25) is 0 Å². The summed E-state index contributed by atoms with van der Waals surface area (Å²) in [7, 11) is 0. The molecule has 0 radical (unpaired) electrons. The predicted molar refractivity (Wildman–Crippen MR) is 117 cm³/mol. The number of carbonyl (C=O) groups excluding carboxylic acids is 1. The first kappa shape index (κ1) is 21.0. The highest BCUT2D eigenvalue weighted by molar-refractivity contribution is 5.99. The van der Waals surface area contributed by atoms with Gasteiger partial charge in [-0.25, -0.2) is 14.8 Å². The monoisotopic (exact) mass is 431 g/mol. The van der Waals surface area contributed by atoms with E-state index in [0.717, 1.165) is 15.9 Å². The van der Waals surface area contributed by atoms with Gasteiger partial charge in [-0.05, 0) is 18.1 Å². The third-order valence-corrected chi connectivity index (χ3v) is 4.87. The number of rotatable bonds is 7. The minimum Gasteiger partial charge on any atom is -0.506 e. The van der Waals surface area contributed by atoms with Crippen LogP contribution in [0.4, 0.5) is 0 Å². The Hall–Kier alpha value is -4.20. The van der Waals surface area contributed by atoms with Crippen LogP contribution in [0, 0.1) is 0 Å². The summed E-state index contributed by atoms with van der Waals surface area (Å²) in [6.07, 6.45) is 1.65. The van der Waals surface area contributed by atoms with Gasteiger partial charge in [-0.15, -0.1) is 4.73 Å². The molecule has 0 atom stereocenters. The summed E-state index contributed by atoms with van der Waals surface area (Å²) < 4.78 is 5.93. The summed E-state index contributed by atoms with van der Waals surface area (Å²) in [4.78, 5) is 39.9. The molecule has 0 aliphatic heterocycles. The zero-order chi connectivity index (χ0) is 22.5. The second-order valence-electron chi connectivity index (χ2n) is 6.98. The van der Waals surface area contributed by atoms with Crippen molar-refractivity contribution in [1.29, 1.82) is 0 Å². The molecule has 2 aromatic heterocycles. The number of nitrogens with zero attached hydrogens (tertiary/aromatic N) is 3. The molecule has 4 aromatic rings. The van der Waals surface area contributed by atoms with Gasteiger partial charge in [-0.2, -0.15) is 0 Å². The van der Waals surface area contributed by atoms with Crippen molar-refractivity contribution in [2.24, 2.45) is 0 Å². The lowest BCUT2D eigenvalue weighted by Crippen LogP contribution is -2.33. The van der Waals surface area contributed by atoms with Crippen molar-refractivity contribution in [3.63, 3.8) is 0 Å². The van der Waals surface area contributed by atoms with Gasteiger partial charge in [-0.3, -0.25) is 4.79 Å². The van der Waals surface area contributed by atoms with Crippen LogP contribution in [0.15, 0.2) is 71.8 Å². The zero-order valence-corrected chi connectivity index (χ0v) is 17.4. The van der Waals surface area contributed by atoms with E-state index < -0.39 is 22.8 Å². The highest BCUT2D eigenvalue weighted by atomic mass is 16.7. The molecule has 162 valence electrons. The Morgan fingerprint density at radius 3 is 2.31 bits per heavy atom. The molecule has 0 saturated heterocycles. The number of benzene rings is 2. The quantitative estimate of drug-likeness (QED) is 0.449. The van der Waals surface area contributed by atoms with Crippen molar-refractivity contribution in [2.45, 2.75) is 20.0 Å². The molecule has 4 rings (SSSR count). The Kier molecular flexibility index (Phi) is 6.12. The van der Waals surface area contributed by atoms with Crippen LogP contribution in [-0.4, -0.2) is 32.4 Å². The van der Waals surface area contributed by atoms with Crippen LogP contribution in [0.25, 0.3) is 11.0 Å². The maximum atomic E-state index is 13.1. The van der Waals surface area contributed by atoms with E-state index in [9.17, 15) is 14.7 Å². The van der Waals surface area contributed by atoms with Crippen LogP contribution < -0.4 is 10.4 Å². The first-order valence-corrected chi connectivity index (χ1v) is 10.1. The van der Waals surface area contributed by atoms with E-state index in [1.165, 1.54) is 6.33 Å². The number of hydrogen-bond acceptors (Lipinski definition) is 7. The molecule has 8 nitrogen and oxygen atoms in total. The number of hydrogen-bond donors (Lipinski definition) is 1. The average molecular weight is 431 g/mol. The Bertz CT molecular complexity index is 1300. The van der Waals surface area contributed by atoms with E-state index in [4.69, 9.17) is 9.57 Å². The van der Waals surface area contributed by atoms with E-state index in [1.807, 2.05) is 60.7 Å². The van der Waals surface area contributed by atoms with Gasteiger partial charge >= 0.3 is 11.5 Å². The van der Waals surface area contributed by atoms with Crippen LogP contribution in [-0.2, 0) is 17.8 Å². The van der Waals surface area contributed by atoms with Gasteiger partial charge in [0.1, 0.15) is 18.7 Å². The standard InChI is InChI=1S/C24H21N3O5/c1-2-31-24(30)20-21(28)19-18(13-16-9-5-3-6-10-16)25-15-26-22(19)27(23(20)29)32-14-17-11-7-4-8-12-17/h3-12,15,28H,2,13-14H2,1H3. The van der Waals surface area contributed by atoms with Gasteiger partial charge in [-0.1, -0.05) is 60.7 Å². The topological polar surface area (TPSA) is 104 Å². The highest BCUT2D eigenvalue weighted by Crippen LogP contribution is 2.29. The second kappa shape index (κ2) is 9.30. The number of fused-ring (bicyclic) bond motifs is 1. The van der Waals surface area contributed by atoms with E-state index in [1.54, 1.807) is 6.92 Å². The summed E-state index contributed by atoms with van der Waals surface area (Å²) in [5, 5.41) is 11.1. The lowest BCUT2D eigenvalue weighted by Gasteiger charge is -2.16. The molecule has 0 spiro atoms. The normalized spacial score (nSPS) is 10.8. The zero-order valence-electron chi connectivity index (χ0n) is 17.4. The minimum atomic E-state index is -0.941. The number of pyridine rings is 1. The summed E-state index contributed by atoms with van der Waals surface area (Å²) in [6, 6.07) is 18.8. The van der Waals surface area contributed by atoms with Crippen molar-refractivity contribution in [3.05, 3.63) is 99.7 Å². The van der Waals surface area contributed by atoms with Crippen LogP contribution in [0.1, 0.15) is 34.1 Å². The fourth-order valence-corrected chi connectivity index (χ4v) is 3.38. The molecule has 0 saturated carbocycles. The van der Waals surface area contributed by atoms with Gasteiger partial charge in [0.15, 0.2) is 11.2 Å². The van der Waals surface area contributed by atoms with Gasteiger partial charge in [0.05, 0.1) is 17.7 Å². The van der Waals surface area contributed by atoms with Crippen molar-refractivity contribution < 1.29 is 19.5 Å². The van der Waals surface area contributed by atoms with Crippen LogP contribution in [0.3, 0.4) is 0 Å². The molecule has 0 aliphatic carbocycles. The average Bonchev–Trinajstić information content (AvgIpc) is 2.80. The molecule has 8 heteroatoms. The molecule has 1 N–H and O–H groups in total. The smallest absolute Gasteiger partial charge is 0.347 e. The Morgan fingerprint density at radius 1 is 1.00 bits per heavy atom. The van der Waals surface area contributed by atoms with Crippen molar-refractivity contribution in [1.82, 2.24) is 14.7 Å². The van der Waals surface area contributed by atoms with E-state index in [0.29, 0.717) is 12.1 Å². The summed E-state index contributed by atoms with van der Waals surface area (Å²) in [5.74, 6) is -1.46. The lowest BCUT2D eigenvalue weighted by molar-refractivity contribution is 0.0508. The SMILES string of the molecule is CCOC(=O)c1c(O)c2c(Cc3ccccc3)ncnc2n(OCc2ccccc2)c1=O. The molecule has 0 fully saturated rings. The van der Waals surface area contributed by atoms with E-state index in [2.05, 4.69) is 9.97 Å². The molecular weight excluding hydrogens is 410 g/mol. The van der Waals surface area contributed by atoms with Crippen LogP contribution in [0.5, 0.6) is 5.75 Å².